The van der Waals surface area contributed by atoms with Crippen LogP contribution >= 0.6 is 0 Å². The topological polar surface area (TPSA) is 71.9 Å². The molecule has 0 atom stereocenters. The van der Waals surface area contributed by atoms with Gasteiger partial charge >= 0.3 is 0 Å². The minimum Gasteiger partial charge on any atom is -0.494 e. The molecule has 0 aliphatic heterocycles. The summed E-state index contributed by atoms with van der Waals surface area (Å²) in [5.74, 6) is -0.0229. The standard InChI is InChI=1S/C10H11F2N3O/c1-16-9-7(4-14)15-5-6(2-3-13)8(9)10(11)12/h5,10H,2,4,14H2,1H3. The number of pyridine rings is 1. The Morgan fingerprint density at radius 3 is 2.75 bits per heavy atom. The second-order valence-corrected chi connectivity index (χ2v) is 3.02. The van der Waals surface area contributed by atoms with Gasteiger partial charge in [-0.3, -0.25) is 4.98 Å². The van der Waals surface area contributed by atoms with Crippen LogP contribution in [0.2, 0.25) is 0 Å². The number of nitrogens with two attached hydrogens (primary N) is 1. The van der Waals surface area contributed by atoms with E-state index in [0.717, 1.165) is 0 Å². The molecule has 0 amide bonds. The Morgan fingerprint density at radius 1 is 1.62 bits per heavy atom. The maximum atomic E-state index is 12.9. The predicted octanol–water partition coefficient (Wildman–Crippen LogP) is 1.55. The molecule has 0 unspecified atom stereocenters. The molecule has 0 saturated carbocycles. The molecule has 1 heterocycles. The molecule has 0 aliphatic rings. The van der Waals surface area contributed by atoms with Gasteiger partial charge in [-0.2, -0.15) is 5.26 Å². The van der Waals surface area contributed by atoms with Crippen molar-refractivity contribution in [3.05, 3.63) is 23.0 Å². The van der Waals surface area contributed by atoms with Crippen LogP contribution in [-0.4, -0.2) is 12.1 Å². The summed E-state index contributed by atoms with van der Waals surface area (Å²) in [6.07, 6.45) is -1.60. The van der Waals surface area contributed by atoms with Crippen molar-refractivity contribution in [2.24, 2.45) is 5.73 Å². The molecular formula is C10H11F2N3O. The van der Waals surface area contributed by atoms with E-state index in [1.807, 2.05) is 6.07 Å². The molecular weight excluding hydrogens is 216 g/mol. The third-order valence-corrected chi connectivity index (χ3v) is 2.11. The number of rotatable bonds is 4. The second-order valence-electron chi connectivity index (χ2n) is 3.02. The van der Waals surface area contributed by atoms with E-state index in [9.17, 15) is 8.78 Å². The first kappa shape index (κ1) is 12.3. The SMILES string of the molecule is COc1c(CN)ncc(CC#N)c1C(F)F. The lowest BCUT2D eigenvalue weighted by atomic mass is 10.1. The van der Waals surface area contributed by atoms with Crippen LogP contribution in [0.25, 0.3) is 0 Å². The zero-order chi connectivity index (χ0) is 12.1. The van der Waals surface area contributed by atoms with Crippen molar-refractivity contribution in [1.82, 2.24) is 4.98 Å². The number of methoxy groups -OCH3 is 1. The Balaban J connectivity index is 3.39. The summed E-state index contributed by atoms with van der Waals surface area (Å²) >= 11 is 0. The quantitative estimate of drug-likeness (QED) is 0.847. The molecule has 0 aromatic carbocycles. The van der Waals surface area contributed by atoms with Crippen molar-refractivity contribution in [2.75, 3.05) is 7.11 Å². The molecule has 0 bridgehead atoms. The van der Waals surface area contributed by atoms with Crippen LogP contribution in [0.3, 0.4) is 0 Å². The molecule has 0 radical (unpaired) electrons. The second kappa shape index (κ2) is 5.37. The molecule has 86 valence electrons. The molecule has 2 N–H and O–H groups in total. The van der Waals surface area contributed by atoms with Crippen LogP contribution in [0, 0.1) is 11.3 Å². The zero-order valence-corrected chi connectivity index (χ0v) is 8.70. The van der Waals surface area contributed by atoms with Gasteiger partial charge in [-0.1, -0.05) is 0 Å². The van der Waals surface area contributed by atoms with Gasteiger partial charge in [0.15, 0.2) is 5.75 Å². The highest BCUT2D eigenvalue weighted by Gasteiger charge is 2.22. The van der Waals surface area contributed by atoms with Crippen molar-refractivity contribution < 1.29 is 13.5 Å². The van der Waals surface area contributed by atoms with Crippen LogP contribution in [-0.2, 0) is 13.0 Å². The van der Waals surface area contributed by atoms with Gasteiger partial charge in [0.25, 0.3) is 6.43 Å². The summed E-state index contributed by atoms with van der Waals surface area (Å²) in [5, 5.41) is 8.53. The summed E-state index contributed by atoms with van der Waals surface area (Å²) in [6, 6.07) is 1.81. The van der Waals surface area contributed by atoms with E-state index in [1.165, 1.54) is 13.3 Å². The molecule has 4 nitrogen and oxygen atoms in total. The lowest BCUT2D eigenvalue weighted by Gasteiger charge is -2.14. The monoisotopic (exact) mass is 227 g/mol. The van der Waals surface area contributed by atoms with Crippen molar-refractivity contribution >= 4 is 0 Å². The summed E-state index contributed by atoms with van der Waals surface area (Å²) in [5.41, 5.74) is 5.51. The molecule has 1 aromatic rings. The van der Waals surface area contributed by atoms with Crippen LogP contribution < -0.4 is 10.5 Å². The van der Waals surface area contributed by atoms with E-state index in [-0.39, 0.29) is 35.5 Å². The maximum Gasteiger partial charge on any atom is 0.267 e. The van der Waals surface area contributed by atoms with E-state index >= 15 is 0 Å². The van der Waals surface area contributed by atoms with Gasteiger partial charge in [-0.15, -0.1) is 0 Å². The minimum atomic E-state index is -2.72. The molecule has 1 rings (SSSR count). The Morgan fingerprint density at radius 2 is 2.31 bits per heavy atom. The van der Waals surface area contributed by atoms with Crippen LogP contribution in [0.1, 0.15) is 23.2 Å². The van der Waals surface area contributed by atoms with Crippen LogP contribution in [0.5, 0.6) is 5.75 Å². The van der Waals surface area contributed by atoms with E-state index in [2.05, 4.69) is 4.98 Å². The normalized spacial score (nSPS) is 10.2. The van der Waals surface area contributed by atoms with Gasteiger partial charge in [0, 0.05) is 12.7 Å². The molecule has 16 heavy (non-hydrogen) atoms. The van der Waals surface area contributed by atoms with Crippen molar-refractivity contribution in [3.63, 3.8) is 0 Å². The Hall–Kier alpha value is -1.74. The van der Waals surface area contributed by atoms with Gasteiger partial charge in [-0.05, 0) is 5.56 Å². The molecule has 0 spiro atoms. The Labute approximate surface area is 91.7 Å². The molecule has 0 saturated heterocycles. The summed E-state index contributed by atoms with van der Waals surface area (Å²) in [6.45, 7) is 0.00965. The third kappa shape index (κ3) is 2.25. The number of halogens is 2. The van der Waals surface area contributed by atoms with Gasteiger partial charge < -0.3 is 10.5 Å². The highest BCUT2D eigenvalue weighted by molar-refractivity contribution is 5.44. The minimum absolute atomic E-state index is 0.00965. The van der Waals surface area contributed by atoms with E-state index in [0.29, 0.717) is 0 Å². The number of nitriles is 1. The van der Waals surface area contributed by atoms with Gasteiger partial charge in [-0.25, -0.2) is 8.78 Å². The van der Waals surface area contributed by atoms with Crippen LogP contribution in [0.4, 0.5) is 8.78 Å². The smallest absolute Gasteiger partial charge is 0.267 e. The average molecular weight is 227 g/mol. The van der Waals surface area contributed by atoms with Gasteiger partial charge in [0.2, 0.25) is 0 Å². The van der Waals surface area contributed by atoms with Crippen molar-refractivity contribution in [1.29, 1.82) is 5.26 Å². The number of ether oxygens (including phenoxy) is 1. The largest absolute Gasteiger partial charge is 0.494 e. The third-order valence-electron chi connectivity index (χ3n) is 2.11. The molecule has 0 aliphatic carbocycles. The maximum absolute atomic E-state index is 12.9. The van der Waals surface area contributed by atoms with E-state index in [1.54, 1.807) is 0 Å². The highest BCUT2D eigenvalue weighted by Crippen LogP contribution is 2.34. The Kier molecular flexibility index (Phi) is 4.14. The van der Waals surface area contributed by atoms with Crippen molar-refractivity contribution in [3.8, 4) is 11.8 Å². The fourth-order valence-corrected chi connectivity index (χ4v) is 1.42. The number of nitrogens with zero attached hydrogens (tertiary/aromatic N) is 2. The number of hydrogen-bond donors (Lipinski definition) is 1. The zero-order valence-electron chi connectivity index (χ0n) is 8.70. The number of hydrogen-bond acceptors (Lipinski definition) is 4. The average Bonchev–Trinajstić information content (AvgIpc) is 2.28. The van der Waals surface area contributed by atoms with Crippen LogP contribution in [0.15, 0.2) is 6.20 Å². The lowest BCUT2D eigenvalue weighted by molar-refractivity contribution is 0.145. The lowest BCUT2D eigenvalue weighted by Crippen LogP contribution is -2.08. The predicted molar refractivity (Wildman–Crippen MR) is 53.0 cm³/mol. The summed E-state index contributed by atoms with van der Waals surface area (Å²) in [4.78, 5) is 3.90. The summed E-state index contributed by atoms with van der Waals surface area (Å²) in [7, 11) is 1.28. The fourth-order valence-electron chi connectivity index (χ4n) is 1.42. The number of alkyl halides is 2. The van der Waals surface area contributed by atoms with E-state index in [4.69, 9.17) is 15.7 Å². The first-order chi connectivity index (χ1) is 7.65. The van der Waals surface area contributed by atoms with Gasteiger partial charge in [0.05, 0.1) is 30.9 Å². The number of aromatic nitrogens is 1. The van der Waals surface area contributed by atoms with Gasteiger partial charge in [0.1, 0.15) is 0 Å². The van der Waals surface area contributed by atoms with Crippen molar-refractivity contribution in [2.45, 2.75) is 19.4 Å². The molecule has 6 heteroatoms. The Bertz CT molecular complexity index is 415. The molecule has 0 fully saturated rings. The molecule has 1 aromatic heterocycles. The summed E-state index contributed by atoms with van der Waals surface area (Å²) < 4.78 is 30.6. The first-order valence-electron chi connectivity index (χ1n) is 4.55. The highest BCUT2D eigenvalue weighted by atomic mass is 19.3. The van der Waals surface area contributed by atoms with E-state index < -0.39 is 6.43 Å². The first-order valence-corrected chi connectivity index (χ1v) is 4.55. The fraction of sp³-hybridized carbons (Fsp3) is 0.400.